The van der Waals surface area contributed by atoms with E-state index < -0.39 is 5.60 Å². The molecule has 1 amide bonds. The lowest BCUT2D eigenvalue weighted by molar-refractivity contribution is -0.155. The normalized spacial score (nSPS) is 17.3. The smallest absolute Gasteiger partial charge is 0.308 e. The van der Waals surface area contributed by atoms with Crippen molar-refractivity contribution in [3.63, 3.8) is 0 Å². The van der Waals surface area contributed by atoms with Gasteiger partial charge >= 0.3 is 5.97 Å². The Labute approximate surface area is 170 Å². The van der Waals surface area contributed by atoms with Gasteiger partial charge in [0.25, 0.3) is 0 Å². The maximum Gasteiger partial charge on any atom is 0.308 e. The molecule has 0 saturated carbocycles. The first-order chi connectivity index (χ1) is 13.2. The van der Waals surface area contributed by atoms with Crippen LogP contribution in [0, 0.1) is 0 Å². The molecule has 1 saturated heterocycles. The number of esters is 1. The van der Waals surface area contributed by atoms with Crippen LogP contribution in [-0.2, 0) is 14.3 Å². The van der Waals surface area contributed by atoms with E-state index in [0.717, 1.165) is 5.56 Å². The second kappa shape index (κ2) is 9.41. The largest absolute Gasteiger partial charge is 0.496 e. The van der Waals surface area contributed by atoms with Gasteiger partial charge in [-0.1, -0.05) is 0 Å². The van der Waals surface area contributed by atoms with Crippen LogP contribution in [0.5, 0.6) is 17.2 Å². The van der Waals surface area contributed by atoms with Crippen LogP contribution in [0.2, 0.25) is 0 Å². The van der Waals surface area contributed by atoms with Gasteiger partial charge in [0.2, 0.25) is 5.91 Å². The van der Waals surface area contributed by atoms with E-state index in [0.29, 0.717) is 29.4 Å². The van der Waals surface area contributed by atoms with Crippen LogP contribution < -0.4 is 14.2 Å². The van der Waals surface area contributed by atoms with Crippen LogP contribution >= 0.6 is 11.8 Å². The standard InChI is InChI=1S/C20H29NO6S/c1-20(2,3)27-18(23)7-9-21-17(22)8-10-28-19(21)13-11-15(25-5)16(26-6)12-14(13)24-4/h11-12,19H,7-10H2,1-6H3. The molecule has 156 valence electrons. The Morgan fingerprint density at radius 2 is 1.71 bits per heavy atom. The van der Waals surface area contributed by atoms with E-state index in [-0.39, 0.29) is 30.2 Å². The van der Waals surface area contributed by atoms with Gasteiger partial charge in [-0.05, 0) is 26.8 Å². The van der Waals surface area contributed by atoms with E-state index in [1.54, 1.807) is 44.1 Å². The molecule has 1 fully saturated rings. The SMILES string of the molecule is COc1cc(OC)c(C2SCCC(=O)N2CCC(=O)OC(C)(C)C)cc1OC. The van der Waals surface area contributed by atoms with Crippen molar-refractivity contribution in [2.75, 3.05) is 33.6 Å². The molecule has 1 aliphatic rings. The van der Waals surface area contributed by atoms with Crippen molar-refractivity contribution in [1.29, 1.82) is 0 Å². The van der Waals surface area contributed by atoms with Crippen molar-refractivity contribution in [1.82, 2.24) is 4.90 Å². The highest BCUT2D eigenvalue weighted by atomic mass is 32.2. The average Bonchev–Trinajstić information content (AvgIpc) is 2.64. The predicted molar refractivity (Wildman–Crippen MR) is 108 cm³/mol. The number of thioether (sulfide) groups is 1. The zero-order chi connectivity index (χ0) is 20.9. The quantitative estimate of drug-likeness (QED) is 0.637. The van der Waals surface area contributed by atoms with E-state index >= 15 is 0 Å². The topological polar surface area (TPSA) is 74.3 Å². The fourth-order valence-corrected chi connectivity index (χ4v) is 4.25. The van der Waals surface area contributed by atoms with Crippen LogP contribution in [-0.4, -0.2) is 56.0 Å². The Morgan fingerprint density at radius 3 is 2.29 bits per heavy atom. The summed E-state index contributed by atoms with van der Waals surface area (Å²) in [6.45, 7) is 5.75. The lowest BCUT2D eigenvalue weighted by atomic mass is 10.1. The predicted octanol–water partition coefficient (Wildman–Crippen LogP) is 3.41. The summed E-state index contributed by atoms with van der Waals surface area (Å²) < 4.78 is 21.7. The highest BCUT2D eigenvalue weighted by molar-refractivity contribution is 7.99. The third-order valence-electron chi connectivity index (χ3n) is 4.17. The van der Waals surface area contributed by atoms with Crippen molar-refractivity contribution in [3.05, 3.63) is 17.7 Å². The van der Waals surface area contributed by atoms with Crippen LogP contribution in [0.3, 0.4) is 0 Å². The minimum atomic E-state index is -0.552. The Kier molecular flexibility index (Phi) is 7.46. The monoisotopic (exact) mass is 411 g/mol. The summed E-state index contributed by atoms with van der Waals surface area (Å²) in [5, 5.41) is -0.279. The van der Waals surface area contributed by atoms with Crippen LogP contribution in [0.25, 0.3) is 0 Å². The number of benzene rings is 1. The first-order valence-electron chi connectivity index (χ1n) is 9.13. The molecule has 1 aromatic rings. The second-order valence-electron chi connectivity index (χ2n) is 7.35. The van der Waals surface area contributed by atoms with Crippen molar-refractivity contribution in [2.24, 2.45) is 0 Å². The first-order valence-corrected chi connectivity index (χ1v) is 10.2. The van der Waals surface area contributed by atoms with E-state index in [9.17, 15) is 9.59 Å². The Balaban J connectivity index is 2.28. The molecule has 0 spiro atoms. The van der Waals surface area contributed by atoms with Gasteiger partial charge < -0.3 is 23.8 Å². The molecule has 1 heterocycles. The van der Waals surface area contributed by atoms with Crippen LogP contribution in [0.1, 0.15) is 44.6 Å². The summed E-state index contributed by atoms with van der Waals surface area (Å²) >= 11 is 1.63. The van der Waals surface area contributed by atoms with Gasteiger partial charge in [-0.3, -0.25) is 9.59 Å². The molecule has 2 rings (SSSR count). The molecule has 1 aromatic carbocycles. The zero-order valence-electron chi connectivity index (χ0n) is 17.4. The second-order valence-corrected chi connectivity index (χ2v) is 8.53. The molecule has 0 bridgehead atoms. The molecular weight excluding hydrogens is 382 g/mol. The number of amides is 1. The van der Waals surface area contributed by atoms with Gasteiger partial charge in [-0.25, -0.2) is 0 Å². The number of carbonyl (C=O) groups is 2. The van der Waals surface area contributed by atoms with Crippen molar-refractivity contribution >= 4 is 23.6 Å². The van der Waals surface area contributed by atoms with Crippen molar-refractivity contribution in [3.8, 4) is 17.2 Å². The van der Waals surface area contributed by atoms with Crippen LogP contribution in [0.15, 0.2) is 12.1 Å². The number of methoxy groups -OCH3 is 3. The lowest BCUT2D eigenvalue weighted by Gasteiger charge is -2.36. The molecular formula is C20H29NO6S. The summed E-state index contributed by atoms with van der Waals surface area (Å²) in [6, 6.07) is 3.58. The van der Waals surface area contributed by atoms with Crippen molar-refractivity contribution in [2.45, 2.75) is 44.6 Å². The van der Waals surface area contributed by atoms with E-state index in [1.165, 1.54) is 0 Å². The molecule has 1 aliphatic heterocycles. The third kappa shape index (κ3) is 5.47. The number of carbonyl (C=O) groups excluding carboxylic acids is 2. The summed E-state index contributed by atoms with van der Waals surface area (Å²) in [6.07, 6.45) is 0.570. The number of rotatable bonds is 7. The average molecular weight is 412 g/mol. The molecule has 7 nitrogen and oxygen atoms in total. The maximum absolute atomic E-state index is 12.6. The lowest BCUT2D eigenvalue weighted by Crippen LogP contribution is -2.39. The Morgan fingerprint density at radius 1 is 1.11 bits per heavy atom. The molecule has 28 heavy (non-hydrogen) atoms. The number of nitrogens with zero attached hydrogens (tertiary/aromatic N) is 1. The highest BCUT2D eigenvalue weighted by Crippen LogP contribution is 2.45. The van der Waals surface area contributed by atoms with Crippen molar-refractivity contribution < 1.29 is 28.5 Å². The van der Waals surface area contributed by atoms with Gasteiger partial charge in [-0.2, -0.15) is 0 Å². The van der Waals surface area contributed by atoms with Gasteiger partial charge in [-0.15, -0.1) is 11.8 Å². The Hall–Kier alpha value is -2.09. The molecule has 1 atom stereocenters. The summed E-state index contributed by atoms with van der Waals surface area (Å²) in [7, 11) is 4.70. The van der Waals surface area contributed by atoms with Gasteiger partial charge in [0.05, 0.1) is 27.8 Å². The number of ether oxygens (including phenoxy) is 4. The Bertz CT molecular complexity index is 715. The fourth-order valence-electron chi connectivity index (χ4n) is 2.97. The zero-order valence-corrected chi connectivity index (χ0v) is 18.2. The van der Waals surface area contributed by atoms with Gasteiger partial charge in [0.15, 0.2) is 11.5 Å². The number of hydrogen-bond acceptors (Lipinski definition) is 7. The third-order valence-corrected chi connectivity index (χ3v) is 5.44. The van der Waals surface area contributed by atoms with Crippen LogP contribution in [0.4, 0.5) is 0 Å². The minimum Gasteiger partial charge on any atom is -0.496 e. The van der Waals surface area contributed by atoms with Gasteiger partial charge in [0, 0.05) is 30.3 Å². The molecule has 0 aliphatic carbocycles. The summed E-state index contributed by atoms with van der Waals surface area (Å²) in [5.74, 6) is 2.09. The molecule has 0 N–H and O–H groups in total. The van der Waals surface area contributed by atoms with Gasteiger partial charge in [0.1, 0.15) is 16.7 Å². The number of hydrogen-bond donors (Lipinski definition) is 0. The fraction of sp³-hybridized carbons (Fsp3) is 0.600. The van der Waals surface area contributed by atoms with E-state index in [4.69, 9.17) is 18.9 Å². The molecule has 0 aromatic heterocycles. The molecule has 8 heteroatoms. The van der Waals surface area contributed by atoms with E-state index in [2.05, 4.69) is 0 Å². The molecule has 1 unspecified atom stereocenters. The molecule has 0 radical (unpaired) electrons. The minimum absolute atomic E-state index is 0.00384. The summed E-state index contributed by atoms with van der Waals surface area (Å²) in [4.78, 5) is 26.5. The summed E-state index contributed by atoms with van der Waals surface area (Å²) in [5.41, 5.74) is 0.256. The first kappa shape index (κ1) is 22.2. The maximum atomic E-state index is 12.6. The highest BCUT2D eigenvalue weighted by Gasteiger charge is 2.33. The van der Waals surface area contributed by atoms with E-state index in [1.807, 2.05) is 26.8 Å².